The maximum atomic E-state index is 11.3. The monoisotopic (exact) mass is 817 g/mol. The normalized spacial score (nSPS) is 11.3. The van der Waals surface area contributed by atoms with Crippen molar-refractivity contribution in [1.29, 1.82) is 0 Å². The molecule has 0 aromatic heterocycles. The number of aliphatic carboxylic acids is 3. The van der Waals surface area contributed by atoms with E-state index in [1.807, 2.05) is 14.1 Å². The first kappa shape index (κ1) is 70.3. The van der Waals surface area contributed by atoms with Crippen LogP contribution in [0.4, 0.5) is 0 Å². The van der Waals surface area contributed by atoms with Crippen LogP contribution < -0.4 is 109 Å². The second-order valence-electron chi connectivity index (χ2n) is 9.98. The molecule has 1 fully saturated rings. The van der Waals surface area contributed by atoms with Gasteiger partial charge in [0, 0.05) is 50.4 Å². The van der Waals surface area contributed by atoms with E-state index in [-0.39, 0.29) is 144 Å². The Hall–Kier alpha value is -2.56. The summed E-state index contributed by atoms with van der Waals surface area (Å²) in [6.07, 6.45) is -0.336. The number of aliphatic hydroxyl groups is 1. The number of carbonyl (C=O) groups is 5. The standard InChI is InChI=1S/C15H24N2O9.C7H10O3.C5H12N2.3CO2.3Na/c1-10(2)15(25)26-9-11(18)5-16(6-12(19)20)3-4-17(7-13(21)22)8-14(23)24;1-5(2)7(8)10-4-6-3-9-6;1-6-4-5-7(2)3;3*2-1-3;;;/h11,18H,1,3-9H2,2H3,(H,19,20)(H,21,22)(H,23,24);6H,1,3-4H2,2H3;1,4-5H2,2-3H3;;;;;;/q;;;;;;3*+1/p-2. The van der Waals surface area contributed by atoms with Gasteiger partial charge in [-0.25, -0.2) is 9.59 Å². The van der Waals surface area contributed by atoms with E-state index in [0.29, 0.717) is 18.8 Å². The Balaban J connectivity index is -0.000000104. The number of hydrogen-bond donors (Lipinski definition) is 2. The molecule has 1 aliphatic rings. The van der Waals surface area contributed by atoms with E-state index in [1.165, 1.54) is 11.8 Å². The zero-order chi connectivity index (χ0) is 41.7. The molecule has 0 bridgehead atoms. The minimum atomic E-state index is -1.51. The fourth-order valence-electron chi connectivity index (χ4n) is 2.68. The molecule has 2 atom stereocenters. The summed E-state index contributed by atoms with van der Waals surface area (Å²) in [7, 11) is 4.08. The summed E-state index contributed by atoms with van der Waals surface area (Å²) in [5.74, 6) is -5.53. The van der Waals surface area contributed by atoms with Gasteiger partial charge >= 0.3 is 119 Å². The molecule has 0 saturated carbocycles. The van der Waals surface area contributed by atoms with Crippen LogP contribution in [-0.4, -0.2) is 173 Å². The van der Waals surface area contributed by atoms with E-state index < -0.39 is 56.2 Å². The number of carbonyl (C=O) groups excluding carboxylic acids is 11. The summed E-state index contributed by atoms with van der Waals surface area (Å²) in [5, 5.41) is 41.9. The van der Waals surface area contributed by atoms with Gasteiger partial charge < -0.3 is 53.9 Å². The van der Waals surface area contributed by atoms with Crippen molar-refractivity contribution in [2.24, 2.45) is 0 Å². The van der Waals surface area contributed by atoms with Crippen molar-refractivity contribution in [3.05, 3.63) is 24.3 Å². The summed E-state index contributed by atoms with van der Waals surface area (Å²) in [6.45, 7) is 13.6. The molecule has 1 heterocycles. The van der Waals surface area contributed by atoms with Crippen molar-refractivity contribution in [2.75, 3.05) is 86.3 Å². The van der Waals surface area contributed by atoms with Crippen LogP contribution in [0.2, 0.25) is 0 Å². The van der Waals surface area contributed by atoms with Crippen LogP contribution >= 0.6 is 0 Å². The van der Waals surface area contributed by atoms with Gasteiger partial charge in [-0.2, -0.15) is 28.8 Å². The van der Waals surface area contributed by atoms with Gasteiger partial charge in [-0.15, -0.1) is 0 Å². The Kier molecular flexibility index (Phi) is 63.2. The van der Waals surface area contributed by atoms with Crippen LogP contribution in [0, 0.1) is 0 Å². The number of ether oxygens (including phenoxy) is 3. The number of epoxide rings is 1. The minimum absolute atomic E-state index is 0. The first-order valence-corrected chi connectivity index (χ1v) is 14.3. The van der Waals surface area contributed by atoms with E-state index in [2.05, 4.69) is 29.8 Å². The largest absolute Gasteiger partial charge is 1.00 e. The second kappa shape index (κ2) is 49.5. The number of rotatable bonds is 20. The number of nitrogens with one attached hydrogen (secondary N) is 1. The van der Waals surface area contributed by atoms with Crippen LogP contribution in [0.15, 0.2) is 24.3 Å². The molecule has 1 saturated heterocycles. The van der Waals surface area contributed by atoms with Gasteiger partial charge in [0.15, 0.2) is 6.54 Å². The molecule has 0 aromatic rings. The number of carboxylic acids is 3. The zero-order valence-corrected chi connectivity index (χ0v) is 38.3. The Morgan fingerprint density at radius 1 is 0.764 bits per heavy atom. The molecule has 294 valence electrons. The summed E-state index contributed by atoms with van der Waals surface area (Å²) in [5.41, 5.74) is 0.560. The molecule has 2 N–H and O–H groups in total. The molecule has 0 aromatic carbocycles. The van der Waals surface area contributed by atoms with Crippen molar-refractivity contribution < 1.29 is 181 Å². The van der Waals surface area contributed by atoms with E-state index in [0.717, 1.165) is 18.0 Å². The molecular formula is C30H44N4Na3O18+. The fourth-order valence-corrected chi connectivity index (χ4v) is 2.68. The smallest absolute Gasteiger partial charge is 0.549 e. The number of hydrogen-bond acceptors (Lipinski definition) is 21. The SMILES string of the molecule is C=C(C)C(=O)OCC(O)CN(CCN(CC(=O)[O-])CC(=O)[O-])CC(=O)[O-].C=C(C)C(=O)OCC1CO1.C=[NH+]CCN(C)C.O=C=O.O=C=O.O=C=O.[Na+].[Na+].[Na+]. The van der Waals surface area contributed by atoms with Gasteiger partial charge in [0.2, 0.25) is 0 Å². The summed E-state index contributed by atoms with van der Waals surface area (Å²) < 4.78 is 14.3. The average Bonchev–Trinajstić information content (AvgIpc) is 3.86. The second-order valence-corrected chi connectivity index (χ2v) is 9.98. The average molecular weight is 818 g/mol. The Bertz CT molecular complexity index is 1170. The Labute approximate surface area is 384 Å². The van der Waals surface area contributed by atoms with E-state index >= 15 is 0 Å². The van der Waals surface area contributed by atoms with Gasteiger partial charge in [-0.3, -0.25) is 14.8 Å². The van der Waals surface area contributed by atoms with Crippen LogP contribution in [0.5, 0.6) is 0 Å². The molecule has 22 nitrogen and oxygen atoms in total. The molecule has 0 spiro atoms. The van der Waals surface area contributed by atoms with Crippen molar-refractivity contribution in [3.63, 3.8) is 0 Å². The third kappa shape index (κ3) is 66.6. The Morgan fingerprint density at radius 3 is 1.40 bits per heavy atom. The van der Waals surface area contributed by atoms with Gasteiger partial charge in [0.1, 0.15) is 32.1 Å². The first-order valence-electron chi connectivity index (χ1n) is 14.3. The number of likely N-dealkylation sites (N-methyl/N-ethyl adjacent to an activating group) is 1. The molecule has 0 amide bonds. The number of aliphatic hydroxyl groups excluding tert-OH is 1. The topological polar surface area (TPSA) is 332 Å². The first-order chi connectivity index (χ1) is 24.2. The number of nitrogens with zero attached hydrogens (tertiary/aromatic N) is 3. The molecule has 0 radical (unpaired) electrons. The van der Waals surface area contributed by atoms with Crippen molar-refractivity contribution in [3.8, 4) is 0 Å². The third-order valence-electron chi connectivity index (χ3n) is 4.90. The molecule has 2 unspecified atom stereocenters. The van der Waals surface area contributed by atoms with Crippen LogP contribution in [0.25, 0.3) is 0 Å². The number of carboxylic acid groups (broad SMARTS) is 3. The van der Waals surface area contributed by atoms with Crippen LogP contribution in [0.1, 0.15) is 13.8 Å². The van der Waals surface area contributed by atoms with Gasteiger partial charge in [-0.05, 0) is 27.9 Å². The molecular weight excluding hydrogens is 773 g/mol. The predicted octanol–water partition coefficient (Wildman–Crippen LogP) is -17.6. The maximum Gasteiger partial charge on any atom is 1.00 e. The van der Waals surface area contributed by atoms with E-state index in [4.69, 9.17) is 43.0 Å². The quantitative estimate of drug-likeness (QED) is 0.0379. The summed E-state index contributed by atoms with van der Waals surface area (Å²) in [6, 6.07) is 0. The molecule has 0 aliphatic carbocycles. The summed E-state index contributed by atoms with van der Waals surface area (Å²) in [4.78, 5) is 110. The third-order valence-corrected chi connectivity index (χ3v) is 4.90. The number of esters is 2. The van der Waals surface area contributed by atoms with Gasteiger partial charge in [0.05, 0.1) is 31.1 Å². The maximum absolute atomic E-state index is 11.3. The van der Waals surface area contributed by atoms with Crippen LogP contribution in [0.3, 0.4) is 0 Å². The van der Waals surface area contributed by atoms with Crippen molar-refractivity contribution in [2.45, 2.75) is 26.1 Å². The molecule has 1 rings (SSSR count). The van der Waals surface area contributed by atoms with E-state index in [1.54, 1.807) is 6.92 Å². The van der Waals surface area contributed by atoms with Crippen molar-refractivity contribution >= 4 is 55.0 Å². The van der Waals surface area contributed by atoms with Crippen molar-refractivity contribution in [1.82, 2.24) is 14.7 Å². The fraction of sp³-hybridized carbons (Fsp3) is 0.567. The van der Waals surface area contributed by atoms with Crippen LogP contribution in [-0.2, 0) is 67.0 Å². The summed E-state index contributed by atoms with van der Waals surface area (Å²) >= 11 is 0. The minimum Gasteiger partial charge on any atom is -0.549 e. The zero-order valence-electron chi connectivity index (χ0n) is 32.3. The van der Waals surface area contributed by atoms with Gasteiger partial charge in [-0.1, -0.05) is 13.2 Å². The molecule has 55 heavy (non-hydrogen) atoms. The molecule has 25 heteroatoms. The van der Waals surface area contributed by atoms with E-state index in [9.17, 15) is 44.4 Å². The molecule has 1 aliphatic heterocycles. The Morgan fingerprint density at radius 2 is 1.11 bits per heavy atom. The van der Waals surface area contributed by atoms with Gasteiger partial charge in [0.25, 0.3) is 0 Å². The predicted molar refractivity (Wildman–Crippen MR) is 162 cm³/mol.